The first kappa shape index (κ1) is 41.1. The summed E-state index contributed by atoms with van der Waals surface area (Å²) in [6.45, 7) is 4.40. The molecule has 0 N–H and O–H groups in total. The second-order valence-corrected chi connectivity index (χ2v) is 20.4. The van der Waals surface area contributed by atoms with Crippen molar-refractivity contribution in [3.05, 3.63) is 258 Å². The van der Waals surface area contributed by atoms with E-state index in [1.165, 1.54) is 126 Å². The molecule has 0 spiro atoms. The van der Waals surface area contributed by atoms with Gasteiger partial charge in [0.2, 0.25) is 0 Å². The maximum absolute atomic E-state index is 2.77. The van der Waals surface area contributed by atoms with Crippen molar-refractivity contribution in [2.45, 2.75) is 38.5 Å². The van der Waals surface area contributed by atoms with Crippen LogP contribution in [-0.2, 0) is 11.8 Å². The Morgan fingerprint density at radius 3 is 1.93 bits per heavy atom. The van der Waals surface area contributed by atoms with E-state index in [2.05, 4.69) is 248 Å². The molecule has 11 aromatic rings. The molecule has 10 aromatic carbocycles. The van der Waals surface area contributed by atoms with Crippen LogP contribution < -0.4 is 20.6 Å². The fraction of sp³-hybridized carbons (Fsp3) is 0.0909. The summed E-state index contributed by atoms with van der Waals surface area (Å²) in [5.41, 5.74) is 23.5. The van der Waals surface area contributed by atoms with Gasteiger partial charge in [0.25, 0.3) is 0 Å². The molecule has 0 aliphatic carbocycles. The number of thiophene rings is 1. The van der Waals surface area contributed by atoms with Crippen molar-refractivity contribution in [1.29, 1.82) is 0 Å². The normalized spacial score (nSPS) is 13.8. The Hall–Kier alpha value is -7.92. The van der Waals surface area contributed by atoms with E-state index in [4.69, 9.17) is 0 Å². The van der Waals surface area contributed by atoms with Crippen LogP contribution in [0.1, 0.15) is 53.1 Å². The molecular weight excluding hydrogens is 864 g/mol. The molecule has 0 saturated carbocycles. The molecule has 3 aliphatic heterocycles. The van der Waals surface area contributed by atoms with E-state index in [1.807, 2.05) is 11.3 Å². The van der Waals surface area contributed by atoms with Crippen molar-refractivity contribution in [3.8, 4) is 33.4 Å². The van der Waals surface area contributed by atoms with Crippen LogP contribution >= 0.6 is 11.3 Å². The highest BCUT2D eigenvalue weighted by Crippen LogP contribution is 2.61. The third kappa shape index (κ3) is 5.87. The number of aryl methyl sites for hydroxylation is 2. The second-order valence-electron chi connectivity index (χ2n) is 19.4. The van der Waals surface area contributed by atoms with Crippen LogP contribution in [0.25, 0.3) is 53.6 Å². The largest absolute Gasteiger partial charge is 0.376 e. The van der Waals surface area contributed by atoms with Crippen LogP contribution in [0, 0.1) is 6.92 Å². The Labute approximate surface area is 414 Å². The van der Waals surface area contributed by atoms with Gasteiger partial charge in [-0.05, 0) is 129 Å². The van der Waals surface area contributed by atoms with E-state index in [0.29, 0.717) is 0 Å². The number of unbranched alkanes of at least 4 members (excludes halogenated alkanes) is 1. The highest BCUT2D eigenvalue weighted by atomic mass is 32.1. The van der Waals surface area contributed by atoms with Gasteiger partial charge in [-0.15, -0.1) is 11.3 Å². The molecule has 4 heteroatoms. The number of benzene rings is 10. The van der Waals surface area contributed by atoms with Crippen molar-refractivity contribution in [1.82, 2.24) is 0 Å². The zero-order chi connectivity index (χ0) is 46.5. The molecule has 0 unspecified atom stereocenters. The van der Waals surface area contributed by atoms with Gasteiger partial charge in [-0.2, -0.15) is 0 Å². The molecule has 0 amide bonds. The summed E-state index contributed by atoms with van der Waals surface area (Å²) < 4.78 is 2.65. The Morgan fingerprint density at radius 2 is 1.14 bits per heavy atom. The third-order valence-electron chi connectivity index (χ3n) is 15.6. The maximum Gasteiger partial charge on any atom is 0.334 e. The summed E-state index contributed by atoms with van der Waals surface area (Å²) in [5, 5.41) is 2.62. The Morgan fingerprint density at radius 1 is 0.471 bits per heavy atom. The summed E-state index contributed by atoms with van der Waals surface area (Å²) in [5.74, 6) is 0. The summed E-state index contributed by atoms with van der Waals surface area (Å²) in [6.07, 6.45) is 3.37. The molecule has 0 bridgehead atoms. The second kappa shape index (κ2) is 16.1. The van der Waals surface area contributed by atoms with Crippen LogP contribution in [-0.4, -0.2) is 6.85 Å². The van der Waals surface area contributed by atoms with Gasteiger partial charge >= 0.3 is 6.85 Å². The van der Waals surface area contributed by atoms with Gasteiger partial charge in [-0.3, -0.25) is 0 Å². The summed E-state index contributed by atoms with van der Waals surface area (Å²) >= 11 is 1.95. The molecule has 14 rings (SSSR count). The highest BCUT2D eigenvalue weighted by Gasteiger charge is 2.54. The van der Waals surface area contributed by atoms with Gasteiger partial charge < -0.3 is 9.71 Å². The molecule has 4 heterocycles. The van der Waals surface area contributed by atoms with E-state index in [0.717, 1.165) is 19.3 Å². The van der Waals surface area contributed by atoms with Crippen LogP contribution in [0.15, 0.2) is 224 Å². The SMILES string of the molecule is CCCCc1ccc(N2c3cc(-c4ccccc4C)cc4c3B(c3c2ccc2c3sc3ccccc32)N2c3ccccc3C(c3ccccc3)(c3ccccc3)c3cccc-4c32)c(-c2ccccc2)c1. The molecule has 0 atom stereocenters. The van der Waals surface area contributed by atoms with Crippen LogP contribution in [0.3, 0.4) is 0 Å². The molecule has 332 valence electrons. The minimum absolute atomic E-state index is 0.151. The predicted molar refractivity (Wildman–Crippen MR) is 299 cm³/mol. The Kier molecular flexibility index (Phi) is 9.44. The number of nitrogens with zero attached hydrogens (tertiary/aromatic N) is 2. The molecule has 3 aliphatic rings. The molecule has 2 nitrogen and oxygen atoms in total. The third-order valence-corrected chi connectivity index (χ3v) is 16.8. The van der Waals surface area contributed by atoms with Gasteiger partial charge in [0.05, 0.1) is 11.1 Å². The predicted octanol–water partition coefficient (Wildman–Crippen LogP) is 16.4. The fourth-order valence-corrected chi connectivity index (χ4v) is 13.9. The minimum Gasteiger partial charge on any atom is -0.376 e. The molecular formula is C66H49BN2S. The van der Waals surface area contributed by atoms with Gasteiger partial charge in [0.1, 0.15) is 0 Å². The number of hydrogen-bond donors (Lipinski definition) is 0. The van der Waals surface area contributed by atoms with E-state index in [-0.39, 0.29) is 6.85 Å². The van der Waals surface area contributed by atoms with E-state index in [9.17, 15) is 0 Å². The lowest BCUT2D eigenvalue weighted by Crippen LogP contribution is -2.63. The van der Waals surface area contributed by atoms with Crippen molar-refractivity contribution in [2.75, 3.05) is 9.71 Å². The maximum atomic E-state index is 2.77. The number of hydrogen-bond acceptors (Lipinski definition) is 3. The fourth-order valence-electron chi connectivity index (χ4n) is 12.6. The summed E-state index contributed by atoms with van der Waals surface area (Å²) in [4.78, 5) is 5.43. The lowest BCUT2D eigenvalue weighted by molar-refractivity contribution is 0.734. The van der Waals surface area contributed by atoms with Crippen LogP contribution in [0.2, 0.25) is 0 Å². The van der Waals surface area contributed by atoms with Crippen molar-refractivity contribution >= 4 is 77.7 Å². The quantitative estimate of drug-likeness (QED) is 0.140. The van der Waals surface area contributed by atoms with Crippen molar-refractivity contribution < 1.29 is 0 Å². The molecule has 70 heavy (non-hydrogen) atoms. The smallest absolute Gasteiger partial charge is 0.334 e. The Balaban J connectivity index is 1.17. The van der Waals surface area contributed by atoms with Gasteiger partial charge in [-0.1, -0.05) is 195 Å². The lowest BCUT2D eigenvalue weighted by atomic mass is 9.42. The molecule has 0 radical (unpaired) electrons. The lowest BCUT2D eigenvalue weighted by Gasteiger charge is -2.53. The highest BCUT2D eigenvalue weighted by molar-refractivity contribution is 7.27. The topological polar surface area (TPSA) is 6.48 Å². The van der Waals surface area contributed by atoms with Crippen molar-refractivity contribution in [3.63, 3.8) is 0 Å². The van der Waals surface area contributed by atoms with Gasteiger partial charge in [0.15, 0.2) is 0 Å². The molecule has 0 fully saturated rings. The first-order chi connectivity index (χ1) is 34.6. The minimum atomic E-state index is -0.591. The zero-order valence-electron chi connectivity index (χ0n) is 39.4. The monoisotopic (exact) mass is 912 g/mol. The Bertz CT molecular complexity index is 3820. The average Bonchev–Trinajstić information content (AvgIpc) is 3.81. The van der Waals surface area contributed by atoms with E-state index < -0.39 is 5.41 Å². The zero-order valence-corrected chi connectivity index (χ0v) is 40.2. The van der Waals surface area contributed by atoms with E-state index >= 15 is 0 Å². The van der Waals surface area contributed by atoms with E-state index in [1.54, 1.807) is 0 Å². The number of para-hydroxylation sites is 2. The number of fused-ring (bicyclic) bond motifs is 10. The van der Waals surface area contributed by atoms with Crippen LogP contribution in [0.5, 0.6) is 0 Å². The summed E-state index contributed by atoms with van der Waals surface area (Å²) in [6, 6.07) is 85.3. The van der Waals surface area contributed by atoms with Crippen molar-refractivity contribution in [2.24, 2.45) is 0 Å². The first-order valence-electron chi connectivity index (χ1n) is 24.9. The number of rotatable bonds is 8. The number of anilines is 5. The average molecular weight is 913 g/mol. The molecule has 1 aromatic heterocycles. The van der Waals surface area contributed by atoms with Gasteiger partial charge in [0, 0.05) is 54.0 Å². The summed E-state index contributed by atoms with van der Waals surface area (Å²) in [7, 11) is 0. The van der Waals surface area contributed by atoms with Crippen LogP contribution in [0.4, 0.5) is 28.4 Å². The van der Waals surface area contributed by atoms with Gasteiger partial charge in [-0.25, -0.2) is 0 Å². The molecule has 0 saturated heterocycles. The first-order valence-corrected chi connectivity index (χ1v) is 25.8. The standard InChI is InChI=1S/C66H49BN2S/c1-3-4-22-44-36-38-57(53(40-44)45-23-8-5-9-24-45)68-59-39-37-52-50-30-16-19-35-61(50)70-65(52)63(59)67-62-54(41-46(42-60(62)68)49-29-15-14-21-43(49)2)51-31-20-33-56-64(51)69(67)58-34-18-17-32-55(58)66(56,47-25-10-6-11-26-47)48-27-12-7-13-28-48/h5-21,23-42H,3-4,22H2,1-2H3.